The van der Waals surface area contributed by atoms with E-state index in [4.69, 9.17) is 57.6 Å². The van der Waals surface area contributed by atoms with Gasteiger partial charge in [0, 0.05) is 87.0 Å². The summed E-state index contributed by atoms with van der Waals surface area (Å²) in [7, 11) is -7.11. The van der Waals surface area contributed by atoms with E-state index in [1.54, 1.807) is 96.7 Å². The van der Waals surface area contributed by atoms with Crippen molar-refractivity contribution in [3.63, 3.8) is 0 Å². The second-order valence-electron chi connectivity index (χ2n) is 27.4. The van der Waals surface area contributed by atoms with Gasteiger partial charge in [0.25, 0.3) is 38.9 Å². The van der Waals surface area contributed by atoms with Gasteiger partial charge in [0.05, 0.1) is 13.2 Å². The molecule has 12 aromatic rings. The normalized spacial score (nSPS) is 14.5. The van der Waals surface area contributed by atoms with Gasteiger partial charge in [-0.2, -0.15) is 59.0 Å². The van der Waals surface area contributed by atoms with E-state index in [1.807, 2.05) is 113 Å². The highest BCUT2D eigenvalue weighted by Crippen LogP contribution is 2.52. The van der Waals surface area contributed by atoms with Crippen molar-refractivity contribution in [3.05, 3.63) is 225 Å². The van der Waals surface area contributed by atoms with Crippen molar-refractivity contribution in [1.82, 2.24) is 82.0 Å². The van der Waals surface area contributed by atoms with Crippen LogP contribution in [-0.2, 0) is 43.9 Å². The molecule has 118 heavy (non-hydrogen) atoms. The van der Waals surface area contributed by atoms with E-state index in [2.05, 4.69) is 103 Å². The number of nitrogen functional groups attached to an aromatic ring is 1. The zero-order chi connectivity index (χ0) is 87.2. The lowest BCUT2D eigenvalue weighted by Crippen LogP contribution is -2.67. The lowest BCUT2D eigenvalue weighted by atomic mass is 9.60. The molecule has 12 N–H and O–H groups in total. The second-order valence-corrected chi connectivity index (χ2v) is 35.8. The molecule has 12 heterocycles. The van der Waals surface area contributed by atoms with Crippen molar-refractivity contribution >= 4 is 144 Å². The number of rotatable bonds is 12. The summed E-state index contributed by atoms with van der Waals surface area (Å²) >= 11 is 16.1. The van der Waals surface area contributed by atoms with Crippen molar-refractivity contribution < 1.29 is 68.2 Å². The van der Waals surface area contributed by atoms with Crippen LogP contribution in [0.15, 0.2) is 164 Å². The van der Waals surface area contributed by atoms with Crippen LogP contribution in [0.4, 0.5) is 19.0 Å². The number of anilines is 1. The third kappa shape index (κ3) is 22.9. The van der Waals surface area contributed by atoms with Crippen LogP contribution in [0.25, 0.3) is 22.1 Å². The molecular weight excluding hydrogens is 1820 g/mol. The van der Waals surface area contributed by atoms with E-state index in [9.17, 15) is 53.8 Å². The molecule has 4 aliphatic rings. The fourth-order valence-electron chi connectivity index (χ4n) is 13.0. The number of nitrogens with two attached hydrogens (primary N) is 4. The van der Waals surface area contributed by atoms with Gasteiger partial charge in [0.15, 0.2) is 11.0 Å². The third-order valence-electron chi connectivity index (χ3n) is 19.2. The average Bonchev–Trinajstić information content (AvgIpc) is 0.957. The van der Waals surface area contributed by atoms with Crippen LogP contribution in [-0.4, -0.2) is 183 Å². The molecule has 0 unspecified atom stereocenters. The zero-order valence-corrected chi connectivity index (χ0v) is 73.2. The van der Waals surface area contributed by atoms with Crippen LogP contribution < -0.4 is 59.1 Å². The van der Waals surface area contributed by atoms with Gasteiger partial charge in [-0.15, -0.1) is 0 Å². The summed E-state index contributed by atoms with van der Waals surface area (Å²) in [6.45, 7) is 19.6. The summed E-state index contributed by atoms with van der Waals surface area (Å²) in [6, 6.07) is 29.4. The van der Waals surface area contributed by atoms with Crippen molar-refractivity contribution in [2.45, 2.75) is 99.3 Å². The molecule has 0 amide bonds. The number of nitrogens with one attached hydrogen (secondary N) is 4. The molecule has 16 rings (SSSR count). The Morgan fingerprint density at radius 2 is 1.08 bits per heavy atom. The first-order valence-electron chi connectivity index (χ1n) is 35.6. The minimum atomic E-state index is -5.19. The maximum Gasteiger partial charge on any atom is 0.430 e. The number of carboxylic acids is 1. The topological polar surface area (TPSA) is 495 Å². The van der Waals surface area contributed by atoms with Gasteiger partial charge >= 0.3 is 18.1 Å². The number of esters is 2. The maximum absolute atomic E-state index is 12.6. The quantitative estimate of drug-likeness (QED) is 0.0265. The molecule has 2 saturated heterocycles. The molecule has 4 fully saturated rings. The van der Waals surface area contributed by atoms with E-state index in [0.29, 0.717) is 56.8 Å². The van der Waals surface area contributed by atoms with E-state index in [-0.39, 0.29) is 40.6 Å². The molecule has 2 saturated carbocycles. The molecule has 636 valence electrons. The smallest absolute Gasteiger partial charge is 0.430 e. The third-order valence-corrected chi connectivity index (χ3v) is 25.6. The number of fused-ring (bicyclic) bond motifs is 4. The first kappa shape index (κ1) is 94.0. The first-order chi connectivity index (χ1) is 55.4. The highest BCUT2D eigenvalue weighted by Gasteiger charge is 2.55. The molecule has 0 atom stereocenters. The fraction of sp³-hybridized carbons (Fsp3) is 0.347. The molecule has 2 aromatic carbocycles. The summed E-state index contributed by atoms with van der Waals surface area (Å²) < 4.78 is 116. The van der Waals surface area contributed by atoms with E-state index >= 15 is 0 Å². The largest absolute Gasteiger partial charge is 0.542 e. The Bertz CT molecular complexity index is 5840. The zero-order valence-electron chi connectivity index (χ0n) is 65.2. The predicted molar refractivity (Wildman–Crippen MR) is 445 cm³/mol. The Labute approximate surface area is 704 Å². The van der Waals surface area contributed by atoms with Crippen molar-refractivity contribution in [2.24, 2.45) is 27.0 Å². The molecule has 46 heteroatoms. The Morgan fingerprint density at radius 1 is 0.627 bits per heavy atom. The van der Waals surface area contributed by atoms with Crippen molar-refractivity contribution in [2.75, 3.05) is 64.2 Å². The molecule has 2 aliphatic carbocycles. The van der Waals surface area contributed by atoms with Gasteiger partial charge in [-0.3, -0.25) is 18.8 Å². The number of carbonyl (C=O) groups is 3. The van der Waals surface area contributed by atoms with Crippen LogP contribution in [0.2, 0.25) is 5.15 Å². The number of aromatic nitrogens is 14. The molecule has 0 bridgehead atoms. The number of hydrogen-bond acceptors (Lipinski definition) is 24. The van der Waals surface area contributed by atoms with Gasteiger partial charge in [0.1, 0.15) is 78.5 Å². The number of aliphatic carboxylic acids is 1. The van der Waals surface area contributed by atoms with Gasteiger partial charge in [-0.05, 0) is 228 Å². The van der Waals surface area contributed by atoms with Gasteiger partial charge in [-0.25, -0.2) is 58.4 Å². The number of alkyl halides is 3. The van der Waals surface area contributed by atoms with E-state index < -0.39 is 39.9 Å². The van der Waals surface area contributed by atoms with Crippen LogP contribution >= 0.6 is 66.8 Å². The number of H-pyrrole nitrogens is 3. The van der Waals surface area contributed by atoms with E-state index in [0.717, 1.165) is 116 Å². The highest BCUT2D eigenvalue weighted by molar-refractivity contribution is 9.11. The Hall–Kier alpha value is -9.54. The first-order valence-corrected chi connectivity index (χ1v) is 43.0. The predicted octanol–water partition coefficient (Wildman–Crippen LogP) is 6.95. The highest BCUT2D eigenvalue weighted by atomic mass is 79.9. The Kier molecular flexibility index (Phi) is 31.9. The second kappa shape index (κ2) is 40.0. The van der Waals surface area contributed by atoms with Crippen LogP contribution in [0.5, 0.6) is 0 Å². The Morgan fingerprint density at radius 3 is 1.50 bits per heavy atom. The van der Waals surface area contributed by atoms with E-state index in [1.165, 1.54) is 32.3 Å². The Balaban J connectivity index is 0.000000169. The number of ether oxygens (including phenoxy) is 2. The molecule has 2 spiro atoms. The number of carbonyl (C=O) groups excluding carboxylic acids is 3. The lowest BCUT2D eigenvalue weighted by Gasteiger charge is -2.60. The maximum atomic E-state index is 12.6. The average molecular weight is 1910 g/mol. The number of hydrogen-bond donors (Lipinski definition) is 8. The number of aromatic amines is 3. The summed E-state index contributed by atoms with van der Waals surface area (Å²) in [4.78, 5) is 72.0. The lowest BCUT2D eigenvalue weighted by molar-refractivity contribution is -0.344. The van der Waals surface area contributed by atoms with Crippen molar-refractivity contribution in [1.29, 1.82) is 0 Å². The van der Waals surface area contributed by atoms with Gasteiger partial charge in [-0.1, -0.05) is 48.0 Å². The number of carboxylic acid groups (broad SMARTS) is 1. The molecule has 10 aromatic heterocycles. The molecule has 36 nitrogen and oxygen atoms in total. The monoisotopic (exact) mass is 1910 g/mol. The van der Waals surface area contributed by atoms with Gasteiger partial charge < -0.3 is 50.4 Å². The van der Waals surface area contributed by atoms with Crippen LogP contribution in [0.3, 0.4) is 0 Å². The number of halogens is 7. The molecular formula is C72H87Br3ClF3N22O14PS2-. The summed E-state index contributed by atoms with van der Waals surface area (Å²) in [6.07, 6.45) is 9.27. The number of nitrogens with zero attached hydrogens (tertiary/aromatic N) is 14. The summed E-state index contributed by atoms with van der Waals surface area (Å²) in [5.41, 5.74) is 10.2. The molecule has 0 radical (unpaired) electrons. The minimum absolute atomic E-state index is 0.0109. The van der Waals surface area contributed by atoms with Crippen LogP contribution in [0, 0.1) is 52.4 Å². The number of aryl methyl sites for hydroxylation is 6. The SMILES string of the molecule is CCOC(=O)c1[nH]ccc1C.CCOC(=O)c1c(C)ccn1N.CN(C1CC2(CNC2)C1)S(N)(=O)=O.Cc1cc(Br)n2nc[nH]c(=O)c12.Cc1cc(Br)n2ncnc(Cl)c12.Cc1cc(Br)n2ncnc(N3CC4(CC(N(C)S(N)(=O)=O)C4)C3)c12.Cc1ccn2nc[nH]c(=O)c12.NOP(=O)(c1ccccc1)c1ccccc1.O=C([O-])C(F)(F)F. The fourth-order valence-corrected chi connectivity index (χ4v) is 17.9. The number of benzene rings is 2. The van der Waals surface area contributed by atoms with Crippen LogP contribution in [0.1, 0.15) is 93.9 Å². The molecule has 2 aliphatic heterocycles. The van der Waals surface area contributed by atoms with Gasteiger partial charge in [0.2, 0.25) is 0 Å². The summed E-state index contributed by atoms with van der Waals surface area (Å²) in [5, 5.41) is 40.1. The standard InChI is InChI=1S/C14H19BrN6O2S.C12H12NO2P.C8H12N2O2.C8H11NO2.C7H5BrClN3.C7H6BrN3O.C7H15N3O2S.C7H7N3O.C2HF3O2/c1-9-3-11(15)21-12(9)13(17-8-18-21)20-6-14(7-20)4-10(5-14)19(2)24(16,22)23;13-15-16(14,11-7-3-1-4-8-11)12-9-5-2-6-10-12;1-3-12-8(11)7-6(2)4-5-10(7)9;1-3-11-8(10)7-6(2)4-5-9-7;1-4-2-5(8)12-6(4)7(9)10-3-11-12;1-4-2-5(8)11-6(4)7(12)9-3-10-11;1-10(13(8,11)12)6-2-7(3-6)4-9-5-7;1-5-2-3-10-6(5)7(11)8-4-9-10;3-2(4,5)1(6)7/h3,8,10H,4-7H2,1-2H3,(H2,16,22,23);1-10H,13H2;4-5H,3,9H2,1-2H3;4-5,9H,3H2,1-2H3;2-3H,1H3;2-3H,1H3,(H,9,10,12);6,9H,2-5H2,1H3,(H2,8,11,12);2-4H,1H3,(H,8,9,11);(H,6,7)/p-1. The van der Waals surface area contributed by atoms with Crippen molar-refractivity contribution in [3.8, 4) is 0 Å². The minimum Gasteiger partial charge on any atom is -0.542 e. The summed E-state index contributed by atoms with van der Waals surface area (Å²) in [5.74, 6) is 7.97.